The van der Waals surface area contributed by atoms with E-state index in [0.29, 0.717) is 11.3 Å². The summed E-state index contributed by atoms with van der Waals surface area (Å²) in [6, 6.07) is 3.82. The predicted molar refractivity (Wildman–Crippen MR) is 53.3 cm³/mol. The van der Waals surface area contributed by atoms with E-state index in [1.165, 1.54) is 0 Å². The lowest BCUT2D eigenvalue weighted by molar-refractivity contribution is 0.0878. The van der Waals surface area contributed by atoms with E-state index in [1.807, 2.05) is 19.1 Å². The van der Waals surface area contributed by atoms with E-state index in [1.54, 1.807) is 6.92 Å². The van der Waals surface area contributed by atoms with Crippen molar-refractivity contribution in [2.75, 3.05) is 0 Å². The number of ether oxygens (including phenoxy) is 1. The normalized spacial score (nSPS) is 19.9. The molecule has 13 heavy (non-hydrogen) atoms. The van der Waals surface area contributed by atoms with Gasteiger partial charge in [-0.05, 0) is 47.5 Å². The molecule has 3 heteroatoms. The molecule has 0 saturated carbocycles. The Hall–Kier alpha value is -0.830. The van der Waals surface area contributed by atoms with Gasteiger partial charge in [0.25, 0.3) is 0 Å². The molecule has 0 spiro atoms. The predicted octanol–water partition coefficient (Wildman–Crippen LogP) is 2.72. The minimum Gasteiger partial charge on any atom is -0.481 e. The van der Waals surface area contributed by atoms with Gasteiger partial charge in [0, 0.05) is 0 Å². The first-order chi connectivity index (χ1) is 6.09. The second kappa shape index (κ2) is 2.84. The molecule has 2 nitrogen and oxygen atoms in total. The van der Waals surface area contributed by atoms with Gasteiger partial charge in [-0.25, -0.2) is 0 Å². The zero-order valence-electron chi connectivity index (χ0n) is 7.43. The third kappa shape index (κ3) is 1.27. The van der Waals surface area contributed by atoms with E-state index in [-0.39, 0.29) is 11.9 Å². The maximum absolute atomic E-state index is 11.6. The van der Waals surface area contributed by atoms with Crippen LogP contribution in [0.15, 0.2) is 16.6 Å². The zero-order valence-corrected chi connectivity index (χ0v) is 9.01. The first kappa shape index (κ1) is 8.75. The lowest BCUT2D eigenvalue weighted by Crippen LogP contribution is -2.14. The molecular weight excluding hydrogens is 232 g/mol. The molecule has 0 fully saturated rings. The SMILES string of the molecule is Cc1cc(Br)c2c(c1)C(=O)C(C)O2. The Morgan fingerprint density at radius 2 is 2.15 bits per heavy atom. The van der Waals surface area contributed by atoms with E-state index in [4.69, 9.17) is 4.74 Å². The number of halogens is 1. The molecule has 2 rings (SSSR count). The molecule has 0 aliphatic carbocycles. The van der Waals surface area contributed by atoms with E-state index < -0.39 is 0 Å². The maximum atomic E-state index is 11.6. The summed E-state index contributed by atoms with van der Waals surface area (Å²) in [6.07, 6.45) is -0.340. The number of rotatable bonds is 0. The standard InChI is InChI=1S/C10H9BrO2/c1-5-3-7-9(12)6(2)13-10(7)8(11)4-5/h3-4,6H,1-2H3. The number of benzene rings is 1. The number of hydrogen-bond acceptors (Lipinski definition) is 2. The topological polar surface area (TPSA) is 26.3 Å². The van der Waals surface area contributed by atoms with Gasteiger partial charge < -0.3 is 4.74 Å². The van der Waals surface area contributed by atoms with Gasteiger partial charge in [-0.2, -0.15) is 0 Å². The fourth-order valence-corrected chi connectivity index (χ4v) is 2.15. The number of carbonyl (C=O) groups excluding carboxylic acids is 1. The van der Waals surface area contributed by atoms with Crippen molar-refractivity contribution in [3.63, 3.8) is 0 Å². The molecule has 68 valence electrons. The third-order valence-electron chi connectivity index (χ3n) is 2.12. The largest absolute Gasteiger partial charge is 0.481 e. The summed E-state index contributed by atoms with van der Waals surface area (Å²) in [6.45, 7) is 3.73. The third-order valence-corrected chi connectivity index (χ3v) is 2.71. The van der Waals surface area contributed by atoms with Gasteiger partial charge in [0.15, 0.2) is 6.10 Å². The Balaban J connectivity index is 2.64. The van der Waals surface area contributed by atoms with Gasteiger partial charge in [0.2, 0.25) is 5.78 Å². The van der Waals surface area contributed by atoms with Crippen molar-refractivity contribution < 1.29 is 9.53 Å². The maximum Gasteiger partial charge on any atom is 0.206 e. The molecule has 0 N–H and O–H groups in total. The highest BCUT2D eigenvalue weighted by Crippen LogP contribution is 2.36. The van der Waals surface area contributed by atoms with E-state index in [2.05, 4.69) is 15.9 Å². The molecule has 0 aromatic heterocycles. The van der Waals surface area contributed by atoms with Crippen molar-refractivity contribution in [1.82, 2.24) is 0 Å². The highest BCUT2D eigenvalue weighted by molar-refractivity contribution is 9.10. The van der Waals surface area contributed by atoms with Crippen LogP contribution < -0.4 is 4.74 Å². The van der Waals surface area contributed by atoms with E-state index >= 15 is 0 Å². The van der Waals surface area contributed by atoms with Crippen LogP contribution in [0.3, 0.4) is 0 Å². The van der Waals surface area contributed by atoms with Crippen molar-refractivity contribution >= 4 is 21.7 Å². The molecule has 1 heterocycles. The van der Waals surface area contributed by atoms with Gasteiger partial charge in [0.1, 0.15) is 5.75 Å². The average molecular weight is 241 g/mol. The van der Waals surface area contributed by atoms with Crippen LogP contribution in [0.2, 0.25) is 0 Å². The van der Waals surface area contributed by atoms with E-state index in [0.717, 1.165) is 10.0 Å². The van der Waals surface area contributed by atoms with Crippen LogP contribution in [0.25, 0.3) is 0 Å². The Morgan fingerprint density at radius 3 is 2.85 bits per heavy atom. The lowest BCUT2D eigenvalue weighted by atomic mass is 10.1. The van der Waals surface area contributed by atoms with Crippen LogP contribution in [0, 0.1) is 6.92 Å². The van der Waals surface area contributed by atoms with Gasteiger partial charge in [-0.3, -0.25) is 4.79 Å². The van der Waals surface area contributed by atoms with Crippen molar-refractivity contribution in [2.45, 2.75) is 20.0 Å². The Kier molecular flexibility index (Phi) is 1.91. The number of Topliss-reactive ketones (excluding diaryl/α,β-unsaturated/α-hetero) is 1. The smallest absolute Gasteiger partial charge is 0.206 e. The Bertz CT molecular complexity index is 385. The first-order valence-electron chi connectivity index (χ1n) is 4.10. The number of fused-ring (bicyclic) bond motifs is 1. The van der Waals surface area contributed by atoms with Crippen LogP contribution >= 0.6 is 15.9 Å². The Morgan fingerprint density at radius 1 is 1.46 bits per heavy atom. The first-order valence-corrected chi connectivity index (χ1v) is 4.90. The molecule has 1 aliphatic rings. The van der Waals surface area contributed by atoms with Crippen molar-refractivity contribution in [1.29, 1.82) is 0 Å². The van der Waals surface area contributed by atoms with Gasteiger partial charge >= 0.3 is 0 Å². The minimum absolute atomic E-state index is 0.0689. The molecule has 1 aliphatic heterocycles. The summed E-state index contributed by atoms with van der Waals surface area (Å²) >= 11 is 3.38. The second-order valence-electron chi connectivity index (χ2n) is 3.25. The molecule has 0 bridgehead atoms. The van der Waals surface area contributed by atoms with Crippen molar-refractivity contribution in [2.24, 2.45) is 0 Å². The molecular formula is C10H9BrO2. The molecule has 0 amide bonds. The van der Waals surface area contributed by atoms with Gasteiger partial charge in [-0.1, -0.05) is 0 Å². The number of carbonyl (C=O) groups is 1. The van der Waals surface area contributed by atoms with Crippen LogP contribution in [0.5, 0.6) is 5.75 Å². The van der Waals surface area contributed by atoms with Crippen LogP contribution in [-0.4, -0.2) is 11.9 Å². The fourth-order valence-electron chi connectivity index (χ4n) is 1.48. The van der Waals surface area contributed by atoms with Crippen LogP contribution in [0.1, 0.15) is 22.8 Å². The lowest BCUT2D eigenvalue weighted by Gasteiger charge is -2.03. The van der Waals surface area contributed by atoms with Crippen LogP contribution in [-0.2, 0) is 0 Å². The summed E-state index contributed by atoms with van der Waals surface area (Å²) in [7, 11) is 0. The summed E-state index contributed by atoms with van der Waals surface area (Å²) in [5.41, 5.74) is 1.76. The van der Waals surface area contributed by atoms with Crippen molar-refractivity contribution in [3.05, 3.63) is 27.7 Å². The summed E-state index contributed by atoms with van der Waals surface area (Å²) in [5, 5.41) is 0. The Labute approximate surface area is 85.0 Å². The number of hydrogen-bond donors (Lipinski definition) is 0. The van der Waals surface area contributed by atoms with Crippen molar-refractivity contribution in [3.8, 4) is 5.75 Å². The summed E-state index contributed by atoms with van der Waals surface area (Å²) in [5.74, 6) is 0.752. The molecule has 1 aromatic rings. The highest BCUT2D eigenvalue weighted by Gasteiger charge is 2.30. The molecule has 1 aromatic carbocycles. The quantitative estimate of drug-likeness (QED) is 0.698. The number of ketones is 1. The highest BCUT2D eigenvalue weighted by atomic mass is 79.9. The zero-order chi connectivity index (χ0) is 9.59. The minimum atomic E-state index is -0.340. The summed E-state index contributed by atoms with van der Waals surface area (Å²) in [4.78, 5) is 11.6. The van der Waals surface area contributed by atoms with E-state index in [9.17, 15) is 4.79 Å². The summed E-state index contributed by atoms with van der Waals surface area (Å²) < 4.78 is 6.27. The monoisotopic (exact) mass is 240 g/mol. The molecule has 1 unspecified atom stereocenters. The average Bonchev–Trinajstić information content (AvgIpc) is 2.32. The second-order valence-corrected chi connectivity index (χ2v) is 4.10. The molecule has 1 atom stereocenters. The van der Waals surface area contributed by atoms with Gasteiger partial charge in [-0.15, -0.1) is 0 Å². The fraction of sp³-hybridized carbons (Fsp3) is 0.300. The van der Waals surface area contributed by atoms with Crippen LogP contribution in [0.4, 0.5) is 0 Å². The number of aryl methyl sites for hydroxylation is 1. The molecule has 0 saturated heterocycles. The molecule has 0 radical (unpaired) electrons. The van der Waals surface area contributed by atoms with Gasteiger partial charge in [0.05, 0.1) is 10.0 Å².